The van der Waals surface area contributed by atoms with Gasteiger partial charge in [-0.25, -0.2) is 17.7 Å². The monoisotopic (exact) mass is 357 g/mol. The van der Waals surface area contributed by atoms with Crippen molar-refractivity contribution >= 4 is 32.7 Å². The summed E-state index contributed by atoms with van der Waals surface area (Å²) in [6.45, 7) is 3.65. The molecule has 22 heavy (non-hydrogen) atoms. The lowest BCUT2D eigenvalue weighted by Crippen LogP contribution is -2.34. The zero-order valence-electron chi connectivity index (χ0n) is 12.4. The second-order valence-electron chi connectivity index (χ2n) is 5.45. The highest BCUT2D eigenvalue weighted by atomic mass is 32.2. The minimum absolute atomic E-state index is 0.570. The molecule has 3 rings (SSSR count). The standard InChI is InChI=1S/C14H19N3O2S3/c1-22(18,19)17-5-2-4-16(6-7-17)9-13-11-21-14(15-13)12-3-8-20-10-12/h3,8,10-11H,2,4-7,9H2,1H3. The molecule has 0 amide bonds. The van der Waals surface area contributed by atoms with E-state index in [1.54, 1.807) is 27.0 Å². The van der Waals surface area contributed by atoms with Crippen LogP contribution in [-0.4, -0.2) is 55.0 Å². The van der Waals surface area contributed by atoms with E-state index < -0.39 is 10.0 Å². The van der Waals surface area contributed by atoms with E-state index in [-0.39, 0.29) is 0 Å². The van der Waals surface area contributed by atoms with E-state index in [1.807, 2.05) is 0 Å². The van der Waals surface area contributed by atoms with E-state index in [0.717, 1.165) is 36.8 Å². The van der Waals surface area contributed by atoms with Crippen molar-refractivity contribution in [3.8, 4) is 10.6 Å². The fourth-order valence-corrected chi connectivity index (χ4v) is 4.96. The number of thiophene rings is 1. The molecule has 0 aliphatic carbocycles. The molecule has 1 aliphatic rings. The van der Waals surface area contributed by atoms with Gasteiger partial charge in [0.2, 0.25) is 10.0 Å². The van der Waals surface area contributed by atoms with Gasteiger partial charge in [-0.15, -0.1) is 11.3 Å². The van der Waals surface area contributed by atoms with Crippen molar-refractivity contribution in [2.75, 3.05) is 32.4 Å². The quantitative estimate of drug-likeness (QED) is 0.843. The second kappa shape index (κ2) is 6.76. The third-order valence-corrected chi connectivity index (χ3v) is 6.65. The van der Waals surface area contributed by atoms with E-state index in [2.05, 4.69) is 27.1 Å². The smallest absolute Gasteiger partial charge is 0.211 e. The average Bonchev–Trinajstić information content (AvgIpc) is 3.06. The van der Waals surface area contributed by atoms with Crippen molar-refractivity contribution in [2.24, 2.45) is 0 Å². The summed E-state index contributed by atoms with van der Waals surface area (Å²) in [5.41, 5.74) is 2.25. The largest absolute Gasteiger partial charge is 0.296 e. The summed E-state index contributed by atoms with van der Waals surface area (Å²) in [7, 11) is -3.08. The normalized spacial score (nSPS) is 18.4. The Kier molecular flexibility index (Phi) is 4.94. The number of thiazole rings is 1. The van der Waals surface area contributed by atoms with Gasteiger partial charge in [-0.05, 0) is 24.4 Å². The van der Waals surface area contributed by atoms with Crippen LogP contribution in [0.4, 0.5) is 0 Å². The molecule has 1 saturated heterocycles. The number of hydrogen-bond donors (Lipinski definition) is 0. The van der Waals surface area contributed by atoms with Crippen LogP contribution in [0.25, 0.3) is 10.6 Å². The molecule has 0 saturated carbocycles. The van der Waals surface area contributed by atoms with Crippen LogP contribution in [0.15, 0.2) is 22.2 Å². The molecular weight excluding hydrogens is 338 g/mol. The molecule has 0 atom stereocenters. The van der Waals surface area contributed by atoms with Crippen LogP contribution in [0.2, 0.25) is 0 Å². The zero-order valence-corrected chi connectivity index (χ0v) is 14.9. The van der Waals surface area contributed by atoms with E-state index in [1.165, 1.54) is 11.8 Å². The third-order valence-electron chi connectivity index (χ3n) is 3.72. The van der Waals surface area contributed by atoms with E-state index >= 15 is 0 Å². The lowest BCUT2D eigenvalue weighted by Gasteiger charge is -2.19. The first kappa shape index (κ1) is 16.1. The number of rotatable bonds is 4. The Morgan fingerprint density at radius 3 is 2.82 bits per heavy atom. The molecule has 3 heterocycles. The third kappa shape index (κ3) is 3.94. The van der Waals surface area contributed by atoms with Crippen LogP contribution in [0, 0.1) is 0 Å². The van der Waals surface area contributed by atoms with Gasteiger partial charge in [0.15, 0.2) is 0 Å². The van der Waals surface area contributed by atoms with Crippen molar-refractivity contribution < 1.29 is 8.42 Å². The van der Waals surface area contributed by atoms with Gasteiger partial charge >= 0.3 is 0 Å². The maximum Gasteiger partial charge on any atom is 0.211 e. The van der Waals surface area contributed by atoms with Crippen molar-refractivity contribution in [3.63, 3.8) is 0 Å². The summed E-state index contributed by atoms with van der Waals surface area (Å²) in [5.74, 6) is 0. The molecular formula is C14H19N3O2S3. The molecule has 2 aromatic heterocycles. The molecule has 0 aromatic carbocycles. The van der Waals surface area contributed by atoms with E-state index in [0.29, 0.717) is 13.1 Å². The summed E-state index contributed by atoms with van der Waals surface area (Å²) < 4.78 is 24.8. The first-order valence-corrected chi connectivity index (χ1v) is 10.8. The van der Waals surface area contributed by atoms with E-state index in [9.17, 15) is 8.42 Å². The molecule has 1 aliphatic heterocycles. The molecule has 8 heteroatoms. The zero-order chi connectivity index (χ0) is 15.6. The highest BCUT2D eigenvalue weighted by Crippen LogP contribution is 2.26. The molecule has 1 fully saturated rings. The molecule has 0 bridgehead atoms. The van der Waals surface area contributed by atoms with Gasteiger partial charge in [-0.1, -0.05) is 0 Å². The maximum absolute atomic E-state index is 11.6. The fourth-order valence-electron chi connectivity index (χ4n) is 2.56. The van der Waals surface area contributed by atoms with E-state index in [4.69, 9.17) is 4.98 Å². The molecule has 0 unspecified atom stereocenters. The van der Waals surface area contributed by atoms with Crippen LogP contribution < -0.4 is 0 Å². The Bertz CT molecular complexity index is 710. The topological polar surface area (TPSA) is 53.5 Å². The van der Waals surface area contributed by atoms with Crippen molar-refractivity contribution in [1.82, 2.24) is 14.2 Å². The first-order chi connectivity index (χ1) is 10.5. The Morgan fingerprint density at radius 2 is 2.09 bits per heavy atom. The number of hydrogen-bond acceptors (Lipinski definition) is 6. The summed E-state index contributed by atoms with van der Waals surface area (Å²) in [5, 5.41) is 7.33. The Labute approximate surface area is 139 Å². The SMILES string of the molecule is CS(=O)(=O)N1CCCN(Cc2csc(-c3ccsc3)n2)CC1. The van der Waals surface area contributed by atoms with Gasteiger partial charge in [-0.3, -0.25) is 4.90 Å². The van der Waals surface area contributed by atoms with Gasteiger partial charge in [0.25, 0.3) is 0 Å². The minimum atomic E-state index is -3.08. The molecule has 120 valence electrons. The fraction of sp³-hybridized carbons (Fsp3) is 0.500. The number of aromatic nitrogens is 1. The summed E-state index contributed by atoms with van der Waals surface area (Å²) in [4.78, 5) is 6.99. The van der Waals surface area contributed by atoms with Crippen LogP contribution in [0.1, 0.15) is 12.1 Å². The number of nitrogens with zero attached hydrogens (tertiary/aromatic N) is 3. The van der Waals surface area contributed by atoms with Gasteiger partial charge in [-0.2, -0.15) is 11.3 Å². The van der Waals surface area contributed by atoms with Gasteiger partial charge in [0, 0.05) is 42.5 Å². The second-order valence-corrected chi connectivity index (χ2v) is 9.07. The van der Waals surface area contributed by atoms with Crippen LogP contribution in [0.5, 0.6) is 0 Å². The highest BCUT2D eigenvalue weighted by molar-refractivity contribution is 7.88. The predicted octanol–water partition coefficient (Wildman–Crippen LogP) is 2.34. The Hall–Kier alpha value is -0.800. The molecule has 2 aromatic rings. The van der Waals surface area contributed by atoms with Crippen LogP contribution >= 0.6 is 22.7 Å². The predicted molar refractivity (Wildman–Crippen MR) is 91.7 cm³/mol. The minimum Gasteiger partial charge on any atom is -0.296 e. The maximum atomic E-state index is 11.6. The Balaban J connectivity index is 1.62. The lowest BCUT2D eigenvalue weighted by atomic mass is 10.3. The molecule has 0 N–H and O–H groups in total. The summed E-state index contributed by atoms with van der Waals surface area (Å²) in [6.07, 6.45) is 2.16. The molecule has 5 nitrogen and oxygen atoms in total. The summed E-state index contributed by atoms with van der Waals surface area (Å²) in [6, 6.07) is 2.09. The molecule has 0 radical (unpaired) electrons. The Morgan fingerprint density at radius 1 is 1.23 bits per heavy atom. The van der Waals surface area contributed by atoms with Gasteiger partial charge in [0.05, 0.1) is 11.9 Å². The average molecular weight is 358 g/mol. The lowest BCUT2D eigenvalue weighted by molar-refractivity contribution is 0.276. The molecule has 0 spiro atoms. The first-order valence-electron chi connectivity index (χ1n) is 7.17. The highest BCUT2D eigenvalue weighted by Gasteiger charge is 2.21. The van der Waals surface area contributed by atoms with Crippen LogP contribution in [0.3, 0.4) is 0 Å². The number of sulfonamides is 1. The van der Waals surface area contributed by atoms with Gasteiger partial charge < -0.3 is 0 Å². The van der Waals surface area contributed by atoms with Crippen molar-refractivity contribution in [3.05, 3.63) is 27.9 Å². The van der Waals surface area contributed by atoms with Gasteiger partial charge in [0.1, 0.15) is 5.01 Å². The van der Waals surface area contributed by atoms with Crippen LogP contribution in [-0.2, 0) is 16.6 Å². The summed E-state index contributed by atoms with van der Waals surface area (Å²) >= 11 is 3.35. The van der Waals surface area contributed by atoms with Crippen molar-refractivity contribution in [1.29, 1.82) is 0 Å². The van der Waals surface area contributed by atoms with Crippen molar-refractivity contribution in [2.45, 2.75) is 13.0 Å².